The molecule has 3 aromatic rings. The van der Waals surface area contributed by atoms with E-state index in [1.54, 1.807) is 6.07 Å². The molecular formula is C21H23BrN4O. The van der Waals surface area contributed by atoms with Gasteiger partial charge in [-0.05, 0) is 63.2 Å². The van der Waals surface area contributed by atoms with Crippen LogP contribution in [-0.4, -0.2) is 46.4 Å². The number of aromatic nitrogens is 2. The van der Waals surface area contributed by atoms with E-state index in [4.69, 9.17) is 0 Å². The van der Waals surface area contributed by atoms with Gasteiger partial charge >= 0.3 is 0 Å². The highest BCUT2D eigenvalue weighted by atomic mass is 79.9. The van der Waals surface area contributed by atoms with Gasteiger partial charge in [-0.25, -0.2) is 0 Å². The lowest BCUT2D eigenvalue weighted by Crippen LogP contribution is -2.40. The Morgan fingerprint density at radius 3 is 2.78 bits per heavy atom. The normalized spacial score (nSPS) is 18.0. The summed E-state index contributed by atoms with van der Waals surface area (Å²) < 4.78 is 0.992. The summed E-state index contributed by atoms with van der Waals surface area (Å²) in [6, 6.07) is 12.1. The molecule has 2 N–H and O–H groups in total. The van der Waals surface area contributed by atoms with Crippen molar-refractivity contribution in [3.63, 3.8) is 0 Å². The molecule has 0 aliphatic carbocycles. The van der Waals surface area contributed by atoms with Crippen LogP contribution in [0.25, 0.3) is 22.0 Å². The Labute approximate surface area is 167 Å². The average Bonchev–Trinajstić information content (AvgIpc) is 2.63. The van der Waals surface area contributed by atoms with Gasteiger partial charge in [-0.1, -0.05) is 28.1 Å². The molecule has 1 fully saturated rings. The molecule has 0 radical (unpaired) electrons. The van der Waals surface area contributed by atoms with Crippen LogP contribution in [0.2, 0.25) is 0 Å². The average molecular weight is 427 g/mol. The first-order valence-electron chi connectivity index (χ1n) is 9.22. The number of likely N-dealkylation sites (tertiary alicyclic amines) is 1. The number of likely N-dealkylation sites (N-methyl/N-ethyl adjacent to an activating group) is 1. The molecule has 1 atom stereocenters. The number of hydrogen-bond acceptors (Lipinski definition) is 5. The second kappa shape index (κ2) is 7.44. The first kappa shape index (κ1) is 18.2. The monoisotopic (exact) mass is 426 g/mol. The van der Waals surface area contributed by atoms with E-state index in [9.17, 15) is 5.11 Å². The molecule has 1 unspecified atom stereocenters. The molecule has 2 aromatic carbocycles. The Balaban J connectivity index is 1.79. The molecule has 0 bridgehead atoms. The van der Waals surface area contributed by atoms with Gasteiger partial charge in [0.2, 0.25) is 0 Å². The van der Waals surface area contributed by atoms with Gasteiger partial charge < -0.3 is 15.3 Å². The van der Waals surface area contributed by atoms with Gasteiger partial charge in [0, 0.05) is 33.4 Å². The third-order valence-corrected chi connectivity index (χ3v) is 5.61. The Morgan fingerprint density at radius 2 is 2.00 bits per heavy atom. The quantitative estimate of drug-likeness (QED) is 0.641. The molecule has 4 rings (SSSR count). The third-order valence-electron chi connectivity index (χ3n) is 5.12. The van der Waals surface area contributed by atoms with Gasteiger partial charge in [0.25, 0.3) is 0 Å². The summed E-state index contributed by atoms with van der Waals surface area (Å²) in [6.45, 7) is 4.10. The summed E-state index contributed by atoms with van der Waals surface area (Å²) in [7, 11) is 2.15. The highest BCUT2D eigenvalue weighted by Gasteiger charge is 2.20. The topological polar surface area (TPSA) is 61.3 Å². The number of phenolic OH excluding ortho intramolecular Hbond substituents is 1. The minimum absolute atomic E-state index is 0.225. The Hall–Kier alpha value is -2.18. The molecule has 0 amide bonds. The van der Waals surface area contributed by atoms with Crippen LogP contribution in [0.3, 0.4) is 0 Å². The van der Waals surface area contributed by atoms with Crippen LogP contribution < -0.4 is 5.32 Å². The molecule has 1 aromatic heterocycles. The number of piperidine rings is 1. The van der Waals surface area contributed by atoms with Crippen molar-refractivity contribution < 1.29 is 5.11 Å². The summed E-state index contributed by atoms with van der Waals surface area (Å²) in [6.07, 6.45) is 2.31. The van der Waals surface area contributed by atoms with Crippen molar-refractivity contribution in [1.82, 2.24) is 15.1 Å². The summed E-state index contributed by atoms with van der Waals surface area (Å²) in [5.41, 5.74) is 2.40. The number of nitrogens with one attached hydrogen (secondary N) is 1. The number of aryl methyl sites for hydroxylation is 1. The van der Waals surface area contributed by atoms with E-state index in [-0.39, 0.29) is 5.75 Å². The standard InChI is InChI=1S/C21H23BrN4O/c1-13-5-7-17(19(27)10-13)20-16-8-6-14(22)11-18(16)21(25-24-20)23-15-4-3-9-26(2)12-15/h5-8,10-11,15,27H,3-4,9,12H2,1-2H3,(H,23,25). The molecule has 1 aliphatic heterocycles. The second-order valence-electron chi connectivity index (χ2n) is 7.35. The van der Waals surface area contributed by atoms with Crippen molar-refractivity contribution >= 4 is 32.5 Å². The Kier molecular flexibility index (Phi) is 5.02. The highest BCUT2D eigenvalue weighted by molar-refractivity contribution is 9.10. The molecule has 1 aliphatic rings. The maximum atomic E-state index is 10.4. The minimum atomic E-state index is 0.225. The second-order valence-corrected chi connectivity index (χ2v) is 8.27. The summed E-state index contributed by atoms with van der Waals surface area (Å²) in [5, 5.41) is 25.0. The van der Waals surface area contributed by atoms with Crippen LogP contribution in [0, 0.1) is 6.92 Å². The molecule has 0 saturated carbocycles. The molecular weight excluding hydrogens is 404 g/mol. The maximum Gasteiger partial charge on any atom is 0.156 e. The summed E-state index contributed by atoms with van der Waals surface area (Å²) in [5.74, 6) is 1.02. The molecule has 5 nitrogen and oxygen atoms in total. The van der Waals surface area contributed by atoms with E-state index in [0.29, 0.717) is 17.3 Å². The van der Waals surface area contributed by atoms with Crippen molar-refractivity contribution in [3.8, 4) is 17.0 Å². The zero-order valence-corrected chi connectivity index (χ0v) is 17.1. The van der Waals surface area contributed by atoms with Gasteiger partial charge in [0.15, 0.2) is 5.82 Å². The van der Waals surface area contributed by atoms with E-state index >= 15 is 0 Å². The van der Waals surface area contributed by atoms with Crippen LogP contribution in [0.1, 0.15) is 18.4 Å². The predicted molar refractivity (Wildman–Crippen MR) is 113 cm³/mol. The molecule has 1 saturated heterocycles. The van der Waals surface area contributed by atoms with E-state index in [1.807, 2.05) is 31.2 Å². The SMILES string of the molecule is Cc1ccc(-c2nnc(NC3CCCN(C)C3)c3cc(Br)ccc23)c(O)c1. The number of nitrogens with zero attached hydrogens (tertiary/aromatic N) is 3. The van der Waals surface area contributed by atoms with Gasteiger partial charge in [-0.15, -0.1) is 10.2 Å². The number of anilines is 1. The predicted octanol–water partition coefficient (Wildman–Crippen LogP) is 4.58. The molecule has 0 spiro atoms. The highest BCUT2D eigenvalue weighted by Crippen LogP contribution is 2.36. The first-order valence-corrected chi connectivity index (χ1v) is 10.0. The number of aromatic hydroxyl groups is 1. The van der Waals surface area contributed by atoms with Gasteiger partial charge in [0.1, 0.15) is 11.4 Å². The zero-order chi connectivity index (χ0) is 19.0. The number of hydrogen-bond donors (Lipinski definition) is 2. The lowest BCUT2D eigenvalue weighted by Gasteiger charge is -2.30. The molecule has 2 heterocycles. The van der Waals surface area contributed by atoms with Crippen LogP contribution >= 0.6 is 15.9 Å². The lowest BCUT2D eigenvalue weighted by molar-refractivity contribution is 0.261. The first-order chi connectivity index (χ1) is 13.0. The molecule has 140 valence electrons. The van der Waals surface area contributed by atoms with Crippen LogP contribution in [-0.2, 0) is 0 Å². The lowest BCUT2D eigenvalue weighted by atomic mass is 10.0. The van der Waals surface area contributed by atoms with Crippen molar-refractivity contribution in [3.05, 3.63) is 46.4 Å². The van der Waals surface area contributed by atoms with Gasteiger partial charge in [0.05, 0.1) is 0 Å². The fraction of sp³-hybridized carbons (Fsp3) is 0.333. The minimum Gasteiger partial charge on any atom is -0.507 e. The smallest absolute Gasteiger partial charge is 0.156 e. The van der Waals surface area contributed by atoms with E-state index in [0.717, 1.165) is 46.1 Å². The number of phenols is 1. The number of halogens is 1. The van der Waals surface area contributed by atoms with Crippen molar-refractivity contribution in [1.29, 1.82) is 0 Å². The number of rotatable bonds is 3. The summed E-state index contributed by atoms with van der Waals surface area (Å²) in [4.78, 5) is 2.34. The number of benzene rings is 2. The van der Waals surface area contributed by atoms with E-state index in [2.05, 4.69) is 49.5 Å². The fourth-order valence-electron chi connectivity index (χ4n) is 3.75. The zero-order valence-electron chi connectivity index (χ0n) is 15.5. The number of fused-ring (bicyclic) bond motifs is 1. The van der Waals surface area contributed by atoms with Gasteiger partial charge in [-0.2, -0.15) is 0 Å². The van der Waals surface area contributed by atoms with Crippen LogP contribution in [0.5, 0.6) is 5.75 Å². The molecule has 27 heavy (non-hydrogen) atoms. The largest absolute Gasteiger partial charge is 0.507 e. The maximum absolute atomic E-state index is 10.4. The third kappa shape index (κ3) is 3.77. The van der Waals surface area contributed by atoms with Crippen LogP contribution in [0.15, 0.2) is 40.9 Å². The summed E-state index contributed by atoms with van der Waals surface area (Å²) >= 11 is 3.57. The van der Waals surface area contributed by atoms with Crippen molar-refractivity contribution in [2.45, 2.75) is 25.8 Å². The van der Waals surface area contributed by atoms with E-state index in [1.165, 1.54) is 6.42 Å². The van der Waals surface area contributed by atoms with Crippen molar-refractivity contribution in [2.24, 2.45) is 0 Å². The molecule has 6 heteroatoms. The van der Waals surface area contributed by atoms with E-state index < -0.39 is 0 Å². The Bertz CT molecular complexity index is 991. The van der Waals surface area contributed by atoms with Gasteiger partial charge in [-0.3, -0.25) is 0 Å². The fourth-order valence-corrected chi connectivity index (χ4v) is 4.11. The van der Waals surface area contributed by atoms with Crippen molar-refractivity contribution in [2.75, 3.05) is 25.5 Å². The Morgan fingerprint density at radius 1 is 1.15 bits per heavy atom. The van der Waals surface area contributed by atoms with Crippen LogP contribution in [0.4, 0.5) is 5.82 Å².